The molecule has 19 heavy (non-hydrogen) atoms. The lowest BCUT2D eigenvalue weighted by Gasteiger charge is -2.19. The third kappa shape index (κ3) is 3.14. The lowest BCUT2D eigenvalue weighted by atomic mass is 9.98. The normalized spacial score (nSPS) is 12.2. The van der Waals surface area contributed by atoms with Gasteiger partial charge >= 0.3 is 0 Å². The van der Waals surface area contributed by atoms with E-state index >= 15 is 0 Å². The van der Waals surface area contributed by atoms with E-state index in [2.05, 4.69) is 21.2 Å². The van der Waals surface area contributed by atoms with E-state index < -0.39 is 0 Å². The molecule has 2 nitrogen and oxygen atoms in total. The number of halogens is 2. The van der Waals surface area contributed by atoms with Crippen molar-refractivity contribution < 1.29 is 9.13 Å². The SMILES string of the molecule is CNC(c1cccc(OC)c1)c1cc(Br)ccc1F. The van der Waals surface area contributed by atoms with Crippen molar-refractivity contribution in [2.45, 2.75) is 6.04 Å². The fourth-order valence-electron chi connectivity index (χ4n) is 2.06. The highest BCUT2D eigenvalue weighted by Crippen LogP contribution is 2.28. The Labute approximate surface area is 120 Å². The molecule has 0 aliphatic heterocycles. The Bertz CT molecular complexity index is 574. The van der Waals surface area contributed by atoms with Crippen molar-refractivity contribution in [2.75, 3.05) is 14.2 Å². The van der Waals surface area contributed by atoms with Crippen LogP contribution in [0.2, 0.25) is 0 Å². The summed E-state index contributed by atoms with van der Waals surface area (Å²) in [7, 11) is 3.43. The van der Waals surface area contributed by atoms with Crippen LogP contribution >= 0.6 is 15.9 Å². The van der Waals surface area contributed by atoms with Gasteiger partial charge in [-0.3, -0.25) is 0 Å². The topological polar surface area (TPSA) is 21.3 Å². The molecular formula is C15H15BrFNO. The van der Waals surface area contributed by atoms with Gasteiger partial charge in [0.2, 0.25) is 0 Å². The minimum atomic E-state index is -0.231. The van der Waals surface area contributed by atoms with Gasteiger partial charge in [0.25, 0.3) is 0 Å². The summed E-state index contributed by atoms with van der Waals surface area (Å²) in [5.74, 6) is 0.526. The molecular weight excluding hydrogens is 309 g/mol. The van der Waals surface area contributed by atoms with Gasteiger partial charge in [-0.25, -0.2) is 4.39 Å². The van der Waals surface area contributed by atoms with Crippen LogP contribution in [0.25, 0.3) is 0 Å². The van der Waals surface area contributed by atoms with Gasteiger partial charge in [0.1, 0.15) is 11.6 Å². The molecule has 0 saturated heterocycles. The number of benzene rings is 2. The minimum absolute atomic E-state index is 0.215. The number of rotatable bonds is 4. The molecule has 0 bridgehead atoms. The van der Waals surface area contributed by atoms with Gasteiger partial charge in [0.05, 0.1) is 13.2 Å². The second-order valence-electron chi connectivity index (χ2n) is 4.16. The molecule has 0 aromatic heterocycles. The van der Waals surface area contributed by atoms with Gasteiger partial charge in [-0.05, 0) is 42.9 Å². The maximum Gasteiger partial charge on any atom is 0.128 e. The lowest BCUT2D eigenvalue weighted by Crippen LogP contribution is -2.19. The zero-order chi connectivity index (χ0) is 13.8. The molecule has 0 fully saturated rings. The van der Waals surface area contributed by atoms with Crippen LogP contribution in [0.5, 0.6) is 5.75 Å². The third-order valence-corrected chi connectivity index (χ3v) is 3.48. The van der Waals surface area contributed by atoms with Gasteiger partial charge in [-0.15, -0.1) is 0 Å². The average molecular weight is 324 g/mol. The Hall–Kier alpha value is -1.39. The highest BCUT2D eigenvalue weighted by atomic mass is 79.9. The zero-order valence-electron chi connectivity index (χ0n) is 10.8. The second-order valence-corrected chi connectivity index (χ2v) is 5.08. The van der Waals surface area contributed by atoms with E-state index in [9.17, 15) is 4.39 Å². The summed E-state index contributed by atoms with van der Waals surface area (Å²) in [6.45, 7) is 0. The van der Waals surface area contributed by atoms with Gasteiger partial charge in [-0.2, -0.15) is 0 Å². The highest BCUT2D eigenvalue weighted by Gasteiger charge is 2.17. The highest BCUT2D eigenvalue weighted by molar-refractivity contribution is 9.10. The maximum atomic E-state index is 14.0. The minimum Gasteiger partial charge on any atom is -0.497 e. The summed E-state index contributed by atoms with van der Waals surface area (Å²) in [5, 5.41) is 3.14. The van der Waals surface area contributed by atoms with Gasteiger partial charge in [0, 0.05) is 10.0 Å². The van der Waals surface area contributed by atoms with E-state index in [-0.39, 0.29) is 11.9 Å². The monoisotopic (exact) mass is 323 g/mol. The summed E-state index contributed by atoms with van der Waals surface area (Å²) in [5.41, 5.74) is 1.56. The van der Waals surface area contributed by atoms with Crippen LogP contribution in [-0.2, 0) is 0 Å². The summed E-state index contributed by atoms with van der Waals surface area (Å²) < 4.78 is 20.0. The number of nitrogens with one attached hydrogen (secondary N) is 1. The van der Waals surface area contributed by atoms with Crippen molar-refractivity contribution in [1.29, 1.82) is 0 Å². The van der Waals surface area contributed by atoms with Gasteiger partial charge < -0.3 is 10.1 Å². The molecule has 0 aliphatic carbocycles. The van der Waals surface area contributed by atoms with Crippen molar-refractivity contribution in [3.63, 3.8) is 0 Å². The second kappa shape index (κ2) is 6.17. The van der Waals surface area contributed by atoms with Crippen molar-refractivity contribution in [1.82, 2.24) is 5.32 Å². The van der Waals surface area contributed by atoms with Crippen molar-refractivity contribution in [3.8, 4) is 5.75 Å². The van der Waals surface area contributed by atoms with E-state index in [4.69, 9.17) is 4.74 Å². The summed E-state index contributed by atoms with van der Waals surface area (Å²) in [6, 6.07) is 12.3. The van der Waals surface area contributed by atoms with Crippen LogP contribution in [0.15, 0.2) is 46.9 Å². The standard InChI is InChI=1S/C15H15BrFNO/c1-18-15(10-4-3-5-12(8-10)19-2)13-9-11(16)6-7-14(13)17/h3-9,15,18H,1-2H3. The molecule has 4 heteroatoms. The molecule has 0 saturated carbocycles. The van der Waals surface area contributed by atoms with Crippen molar-refractivity contribution in [2.24, 2.45) is 0 Å². The Morgan fingerprint density at radius 3 is 2.68 bits per heavy atom. The predicted octanol–water partition coefficient (Wildman–Crippen LogP) is 3.91. The molecule has 1 unspecified atom stereocenters. The van der Waals surface area contributed by atoms with E-state index in [1.807, 2.05) is 31.3 Å². The molecule has 1 N–H and O–H groups in total. The molecule has 0 heterocycles. The Kier molecular flexibility index (Phi) is 4.56. The number of methoxy groups -OCH3 is 1. The summed E-state index contributed by atoms with van der Waals surface area (Å²) in [4.78, 5) is 0. The summed E-state index contributed by atoms with van der Waals surface area (Å²) in [6.07, 6.45) is 0. The van der Waals surface area contributed by atoms with E-state index in [0.717, 1.165) is 15.8 Å². The molecule has 2 aromatic rings. The molecule has 0 amide bonds. The van der Waals surface area contributed by atoms with Crippen LogP contribution in [0.1, 0.15) is 17.2 Å². The van der Waals surface area contributed by atoms with E-state index in [1.165, 1.54) is 6.07 Å². The van der Waals surface area contributed by atoms with Gasteiger partial charge in [0.15, 0.2) is 0 Å². The average Bonchev–Trinajstić information content (AvgIpc) is 2.44. The molecule has 2 aromatic carbocycles. The number of hydrogen-bond acceptors (Lipinski definition) is 2. The quantitative estimate of drug-likeness (QED) is 0.921. The fourth-order valence-corrected chi connectivity index (χ4v) is 2.44. The fraction of sp³-hybridized carbons (Fsp3) is 0.200. The largest absolute Gasteiger partial charge is 0.497 e. The van der Waals surface area contributed by atoms with E-state index in [0.29, 0.717) is 5.56 Å². The van der Waals surface area contributed by atoms with Crippen LogP contribution in [-0.4, -0.2) is 14.2 Å². The molecule has 2 rings (SSSR count). The Morgan fingerprint density at radius 2 is 2.00 bits per heavy atom. The lowest BCUT2D eigenvalue weighted by molar-refractivity contribution is 0.413. The molecule has 0 radical (unpaired) electrons. The maximum absolute atomic E-state index is 14.0. The van der Waals surface area contributed by atoms with Crippen LogP contribution in [0, 0.1) is 5.82 Å². The first-order valence-electron chi connectivity index (χ1n) is 5.92. The Morgan fingerprint density at radius 1 is 1.21 bits per heavy atom. The number of hydrogen-bond donors (Lipinski definition) is 1. The first-order chi connectivity index (χ1) is 9.15. The molecule has 0 spiro atoms. The number of ether oxygens (including phenoxy) is 1. The van der Waals surface area contributed by atoms with Gasteiger partial charge in [-0.1, -0.05) is 28.1 Å². The molecule has 1 atom stereocenters. The first-order valence-corrected chi connectivity index (χ1v) is 6.71. The van der Waals surface area contributed by atoms with Crippen molar-refractivity contribution >= 4 is 15.9 Å². The predicted molar refractivity (Wildman–Crippen MR) is 78.0 cm³/mol. The van der Waals surface area contributed by atoms with Crippen molar-refractivity contribution in [3.05, 3.63) is 63.9 Å². The first kappa shape index (κ1) is 14.0. The van der Waals surface area contributed by atoms with Crippen LogP contribution < -0.4 is 10.1 Å². The van der Waals surface area contributed by atoms with Crippen LogP contribution in [0.3, 0.4) is 0 Å². The van der Waals surface area contributed by atoms with Crippen LogP contribution in [0.4, 0.5) is 4.39 Å². The summed E-state index contributed by atoms with van der Waals surface area (Å²) >= 11 is 3.38. The van der Waals surface area contributed by atoms with E-state index in [1.54, 1.807) is 19.2 Å². The molecule has 0 aliphatic rings. The Balaban J connectivity index is 2.46. The third-order valence-electron chi connectivity index (χ3n) is 2.98. The molecule has 100 valence electrons. The zero-order valence-corrected chi connectivity index (χ0v) is 12.4. The smallest absolute Gasteiger partial charge is 0.128 e.